The molecule has 110 valence electrons. The minimum atomic E-state index is -0.564. The van der Waals surface area contributed by atoms with E-state index in [1.807, 2.05) is 6.07 Å². The Bertz CT molecular complexity index is 930. The van der Waals surface area contributed by atoms with Gasteiger partial charge in [0.15, 0.2) is 22.8 Å². The second-order valence-electron chi connectivity index (χ2n) is 4.75. The highest BCUT2D eigenvalue weighted by molar-refractivity contribution is 5.94. The Morgan fingerprint density at radius 3 is 2.50 bits per heavy atom. The summed E-state index contributed by atoms with van der Waals surface area (Å²) in [6, 6.07) is 11.5. The number of azo groups is 1. The van der Waals surface area contributed by atoms with Crippen molar-refractivity contribution in [2.24, 2.45) is 10.2 Å². The zero-order valence-corrected chi connectivity index (χ0v) is 11.6. The molecular formula is C16H12N2O4. The summed E-state index contributed by atoms with van der Waals surface area (Å²) in [6.07, 6.45) is 0. The molecule has 0 radical (unpaired) electrons. The van der Waals surface area contributed by atoms with E-state index < -0.39 is 11.4 Å². The van der Waals surface area contributed by atoms with Gasteiger partial charge in [0.2, 0.25) is 0 Å². The molecule has 0 aliphatic carbocycles. The number of rotatable bonds is 2. The van der Waals surface area contributed by atoms with Gasteiger partial charge in [-0.1, -0.05) is 18.2 Å². The molecule has 2 aromatic carbocycles. The van der Waals surface area contributed by atoms with Crippen LogP contribution in [0.25, 0.3) is 11.0 Å². The summed E-state index contributed by atoms with van der Waals surface area (Å²) in [5, 5.41) is 28.2. The lowest BCUT2D eigenvalue weighted by atomic mass is 10.1. The first-order valence-electron chi connectivity index (χ1n) is 6.52. The first-order chi connectivity index (χ1) is 10.6. The Morgan fingerprint density at radius 1 is 1.05 bits per heavy atom. The van der Waals surface area contributed by atoms with Gasteiger partial charge in [0.05, 0.1) is 5.69 Å². The molecule has 0 aliphatic rings. The third-order valence-corrected chi connectivity index (χ3v) is 3.19. The summed E-state index contributed by atoms with van der Waals surface area (Å²) in [5.41, 5.74) is 0.608. The van der Waals surface area contributed by atoms with Crippen LogP contribution < -0.4 is 5.63 Å². The van der Waals surface area contributed by atoms with Crippen molar-refractivity contribution >= 4 is 22.3 Å². The van der Waals surface area contributed by atoms with Crippen LogP contribution in [0.5, 0.6) is 11.5 Å². The second-order valence-corrected chi connectivity index (χ2v) is 4.75. The van der Waals surface area contributed by atoms with Crippen LogP contribution in [-0.2, 0) is 0 Å². The molecular weight excluding hydrogens is 284 g/mol. The van der Waals surface area contributed by atoms with E-state index in [0.717, 1.165) is 0 Å². The largest absolute Gasteiger partial charge is 0.504 e. The van der Waals surface area contributed by atoms with E-state index in [4.69, 9.17) is 4.42 Å². The van der Waals surface area contributed by atoms with Crippen molar-refractivity contribution in [1.82, 2.24) is 0 Å². The van der Waals surface area contributed by atoms with Crippen LogP contribution in [0.1, 0.15) is 5.56 Å². The van der Waals surface area contributed by atoms with E-state index in [-0.39, 0.29) is 17.0 Å². The van der Waals surface area contributed by atoms with Crippen LogP contribution in [-0.4, -0.2) is 10.2 Å². The van der Waals surface area contributed by atoms with Gasteiger partial charge >= 0.3 is 5.63 Å². The second kappa shape index (κ2) is 5.33. The number of aromatic hydroxyl groups is 2. The topological polar surface area (TPSA) is 95.4 Å². The molecule has 0 amide bonds. The fourth-order valence-electron chi connectivity index (χ4n) is 2.10. The van der Waals surface area contributed by atoms with Gasteiger partial charge in [0, 0.05) is 11.5 Å². The number of phenols is 2. The van der Waals surface area contributed by atoms with Crippen molar-refractivity contribution < 1.29 is 14.6 Å². The normalized spacial score (nSPS) is 11.3. The highest BCUT2D eigenvalue weighted by atomic mass is 16.4. The Hall–Kier alpha value is -3.15. The van der Waals surface area contributed by atoms with Crippen molar-refractivity contribution in [3.63, 3.8) is 0 Å². The third kappa shape index (κ3) is 2.42. The van der Waals surface area contributed by atoms with Gasteiger partial charge in [0.25, 0.3) is 0 Å². The molecule has 2 N–H and O–H groups in total. The lowest BCUT2D eigenvalue weighted by Gasteiger charge is -2.06. The minimum Gasteiger partial charge on any atom is -0.504 e. The van der Waals surface area contributed by atoms with Crippen molar-refractivity contribution in [3.8, 4) is 11.5 Å². The smallest absolute Gasteiger partial charge is 0.336 e. The molecule has 0 spiro atoms. The average molecular weight is 296 g/mol. The molecule has 0 aliphatic heterocycles. The predicted molar refractivity (Wildman–Crippen MR) is 81.2 cm³/mol. The number of nitrogens with zero attached hydrogens (tertiary/aromatic N) is 2. The van der Waals surface area contributed by atoms with Crippen LogP contribution >= 0.6 is 0 Å². The first-order valence-corrected chi connectivity index (χ1v) is 6.52. The highest BCUT2D eigenvalue weighted by Gasteiger charge is 2.16. The molecule has 6 nitrogen and oxygen atoms in total. The summed E-state index contributed by atoms with van der Waals surface area (Å²) in [5.74, 6) is -0.840. The van der Waals surface area contributed by atoms with Gasteiger partial charge < -0.3 is 14.6 Å². The molecule has 1 aromatic heterocycles. The first kappa shape index (κ1) is 13.8. The van der Waals surface area contributed by atoms with Gasteiger partial charge in [-0.2, -0.15) is 5.11 Å². The number of fused-ring (bicyclic) bond motifs is 1. The van der Waals surface area contributed by atoms with Crippen molar-refractivity contribution in [3.05, 3.63) is 58.4 Å². The van der Waals surface area contributed by atoms with E-state index >= 15 is 0 Å². The molecule has 1 heterocycles. The molecule has 3 rings (SSSR count). The van der Waals surface area contributed by atoms with E-state index in [0.29, 0.717) is 16.6 Å². The summed E-state index contributed by atoms with van der Waals surface area (Å²) < 4.78 is 5.12. The van der Waals surface area contributed by atoms with Crippen molar-refractivity contribution in [2.75, 3.05) is 0 Å². The standard InChI is InChI=1S/C16H12N2O4/c1-9-7-13(20)22-16-11(9)8-12(19)15(21)14(16)18-17-10-5-3-2-4-6-10/h2-8,19,21H,1H3. The number of benzene rings is 2. The molecule has 0 unspecified atom stereocenters. The molecule has 22 heavy (non-hydrogen) atoms. The maximum Gasteiger partial charge on any atom is 0.336 e. The fraction of sp³-hybridized carbons (Fsp3) is 0.0625. The van der Waals surface area contributed by atoms with E-state index in [1.54, 1.807) is 31.2 Å². The van der Waals surface area contributed by atoms with Crippen LogP contribution in [0, 0.1) is 6.92 Å². The SMILES string of the molecule is Cc1cc(=O)oc2c(N=Nc3ccccc3)c(O)c(O)cc12. The summed E-state index contributed by atoms with van der Waals surface area (Å²) in [7, 11) is 0. The van der Waals surface area contributed by atoms with Gasteiger partial charge in [0.1, 0.15) is 0 Å². The summed E-state index contributed by atoms with van der Waals surface area (Å²) >= 11 is 0. The molecule has 0 fully saturated rings. The minimum absolute atomic E-state index is 0.0833. The molecule has 0 saturated heterocycles. The zero-order valence-electron chi connectivity index (χ0n) is 11.6. The summed E-state index contributed by atoms with van der Waals surface area (Å²) in [6.45, 7) is 1.70. The molecule has 0 bridgehead atoms. The molecule has 6 heteroatoms. The van der Waals surface area contributed by atoms with Crippen LogP contribution in [0.15, 0.2) is 61.9 Å². The number of hydrogen-bond acceptors (Lipinski definition) is 6. The number of aryl methyl sites for hydroxylation is 1. The van der Waals surface area contributed by atoms with Crippen LogP contribution in [0.2, 0.25) is 0 Å². The van der Waals surface area contributed by atoms with Gasteiger partial charge in [-0.25, -0.2) is 4.79 Å². The third-order valence-electron chi connectivity index (χ3n) is 3.19. The quantitative estimate of drug-likeness (QED) is 0.425. The summed E-state index contributed by atoms with van der Waals surface area (Å²) in [4.78, 5) is 11.5. The van der Waals surface area contributed by atoms with Gasteiger partial charge in [-0.15, -0.1) is 5.11 Å². The van der Waals surface area contributed by atoms with Crippen LogP contribution in [0.4, 0.5) is 11.4 Å². The maximum atomic E-state index is 11.5. The Labute approximate surface area is 125 Å². The Balaban J connectivity index is 2.26. The lowest BCUT2D eigenvalue weighted by Crippen LogP contribution is -1.97. The predicted octanol–water partition coefficient (Wildman–Crippen LogP) is 3.93. The Kier molecular flexibility index (Phi) is 3.34. The fourth-order valence-corrected chi connectivity index (χ4v) is 2.10. The highest BCUT2D eigenvalue weighted by Crippen LogP contribution is 2.43. The molecule has 0 atom stereocenters. The van der Waals surface area contributed by atoms with E-state index in [2.05, 4.69) is 10.2 Å². The van der Waals surface area contributed by atoms with Crippen LogP contribution in [0.3, 0.4) is 0 Å². The molecule has 0 saturated carbocycles. The van der Waals surface area contributed by atoms with Gasteiger partial charge in [-0.3, -0.25) is 0 Å². The van der Waals surface area contributed by atoms with Crippen molar-refractivity contribution in [2.45, 2.75) is 6.92 Å². The number of hydrogen-bond donors (Lipinski definition) is 2. The molecule has 3 aromatic rings. The monoisotopic (exact) mass is 296 g/mol. The van der Waals surface area contributed by atoms with E-state index in [1.165, 1.54) is 12.1 Å². The lowest BCUT2D eigenvalue weighted by molar-refractivity contribution is 0.404. The average Bonchev–Trinajstić information content (AvgIpc) is 2.50. The number of phenolic OH excluding ortho intramolecular Hbond substituents is 2. The van der Waals surface area contributed by atoms with Gasteiger partial charge in [-0.05, 0) is 30.7 Å². The zero-order chi connectivity index (χ0) is 15.7. The maximum absolute atomic E-state index is 11.5. The Morgan fingerprint density at radius 2 is 1.77 bits per heavy atom. The van der Waals surface area contributed by atoms with E-state index in [9.17, 15) is 15.0 Å². The van der Waals surface area contributed by atoms with Crippen molar-refractivity contribution in [1.29, 1.82) is 0 Å².